The molecule has 1 radical (unpaired) electrons. The van der Waals surface area contributed by atoms with E-state index in [1.165, 1.54) is 6.42 Å². The van der Waals surface area contributed by atoms with Crippen molar-refractivity contribution in [3.8, 4) is 0 Å². The van der Waals surface area contributed by atoms with Gasteiger partial charge in [0.15, 0.2) is 0 Å². The molecule has 1 heterocycles. The Kier molecular flexibility index (Phi) is 3.16. The van der Waals surface area contributed by atoms with Gasteiger partial charge < -0.3 is 4.74 Å². The van der Waals surface area contributed by atoms with Gasteiger partial charge in [-0.3, -0.25) is 0 Å². The molecule has 0 amide bonds. The zero-order valence-corrected chi connectivity index (χ0v) is 6.51. The van der Waals surface area contributed by atoms with Crippen LogP contribution in [0.5, 0.6) is 0 Å². The first-order chi connectivity index (χ1) is 4.88. The highest BCUT2D eigenvalue weighted by Crippen LogP contribution is 2.25. The van der Waals surface area contributed by atoms with Crippen LogP contribution >= 0.6 is 0 Å². The van der Waals surface area contributed by atoms with Gasteiger partial charge in [0.05, 0.1) is 12.7 Å². The van der Waals surface area contributed by atoms with Crippen LogP contribution in [-0.4, -0.2) is 19.3 Å². The minimum atomic E-state index is 0.0539. The summed E-state index contributed by atoms with van der Waals surface area (Å²) in [5.41, 5.74) is 0. The summed E-state index contributed by atoms with van der Waals surface area (Å²) in [6, 6.07) is 0. The topological polar surface area (TPSA) is 29.1 Å². The van der Waals surface area contributed by atoms with E-state index in [-0.39, 0.29) is 6.61 Å². The molecule has 1 rings (SSSR count). The first-order valence-electron chi connectivity index (χ1n) is 4.08. The number of hydrogen-bond acceptors (Lipinski definition) is 1. The maximum Gasteiger partial charge on any atom is 0.0825 e. The average molecular weight is 143 g/mol. The van der Waals surface area contributed by atoms with Crippen LogP contribution in [-0.2, 0) is 9.84 Å². The second-order valence-electron chi connectivity index (χ2n) is 2.86. The molecular weight excluding hydrogens is 128 g/mol. The van der Waals surface area contributed by atoms with E-state index in [0.717, 1.165) is 19.4 Å². The molecule has 1 aliphatic rings. The van der Waals surface area contributed by atoms with E-state index >= 15 is 0 Å². The van der Waals surface area contributed by atoms with Gasteiger partial charge in [0.2, 0.25) is 0 Å². The van der Waals surface area contributed by atoms with E-state index in [1.807, 2.05) is 0 Å². The van der Waals surface area contributed by atoms with E-state index in [4.69, 9.17) is 4.74 Å². The lowest BCUT2D eigenvalue weighted by atomic mass is 9.91. The van der Waals surface area contributed by atoms with Crippen molar-refractivity contribution in [1.29, 1.82) is 0 Å². The Balaban J connectivity index is 2.17. The molecule has 2 heteroatoms. The molecule has 1 fully saturated rings. The second kappa shape index (κ2) is 3.94. The summed E-state index contributed by atoms with van der Waals surface area (Å²) in [6.45, 7) is 3.08. The lowest BCUT2D eigenvalue weighted by Crippen LogP contribution is -2.34. The van der Waals surface area contributed by atoms with Crippen LogP contribution in [0.4, 0.5) is 0 Å². The Hall–Kier alpha value is -0.0800. The Morgan fingerprint density at radius 3 is 2.70 bits per heavy atom. The van der Waals surface area contributed by atoms with Crippen molar-refractivity contribution in [3.05, 3.63) is 0 Å². The van der Waals surface area contributed by atoms with Gasteiger partial charge in [0, 0.05) is 6.61 Å². The third-order valence-electron chi connectivity index (χ3n) is 2.27. The van der Waals surface area contributed by atoms with Gasteiger partial charge in [-0.15, -0.1) is 0 Å². The summed E-state index contributed by atoms with van der Waals surface area (Å²) < 4.78 is 5.30. The minimum absolute atomic E-state index is 0.0539. The van der Waals surface area contributed by atoms with E-state index in [1.54, 1.807) is 0 Å². The molecular formula is C8H15O2. The summed E-state index contributed by atoms with van der Waals surface area (Å²) in [7, 11) is 0. The van der Waals surface area contributed by atoms with Crippen molar-refractivity contribution in [2.75, 3.05) is 13.2 Å². The Morgan fingerprint density at radius 2 is 2.40 bits per heavy atom. The molecule has 2 nitrogen and oxygen atoms in total. The van der Waals surface area contributed by atoms with E-state index in [2.05, 4.69) is 6.92 Å². The van der Waals surface area contributed by atoms with Crippen molar-refractivity contribution in [1.82, 2.24) is 0 Å². The molecule has 0 N–H and O–H groups in total. The van der Waals surface area contributed by atoms with Crippen molar-refractivity contribution in [3.63, 3.8) is 0 Å². The van der Waals surface area contributed by atoms with Gasteiger partial charge in [-0.05, 0) is 18.8 Å². The fraction of sp³-hybridized carbons (Fsp3) is 1.00. The third-order valence-corrected chi connectivity index (χ3v) is 2.27. The van der Waals surface area contributed by atoms with Gasteiger partial charge in [0.1, 0.15) is 0 Å². The smallest absolute Gasteiger partial charge is 0.0825 e. The zero-order chi connectivity index (χ0) is 7.40. The van der Waals surface area contributed by atoms with Crippen LogP contribution in [0.2, 0.25) is 0 Å². The number of rotatable bonds is 4. The molecule has 0 aromatic heterocycles. The molecule has 0 aliphatic carbocycles. The SMILES string of the molecule is CCC(CC[O])C1CCO1. The summed E-state index contributed by atoms with van der Waals surface area (Å²) >= 11 is 0. The summed E-state index contributed by atoms with van der Waals surface area (Å²) in [6.07, 6.45) is 3.46. The molecule has 0 bridgehead atoms. The lowest BCUT2D eigenvalue weighted by molar-refractivity contribution is -0.0909. The molecule has 1 aliphatic heterocycles. The molecule has 0 saturated carbocycles. The highest BCUT2D eigenvalue weighted by Gasteiger charge is 2.26. The largest absolute Gasteiger partial charge is 0.378 e. The van der Waals surface area contributed by atoms with Gasteiger partial charge in [-0.2, -0.15) is 0 Å². The van der Waals surface area contributed by atoms with Crippen LogP contribution in [0.1, 0.15) is 26.2 Å². The molecule has 1 saturated heterocycles. The molecule has 0 aromatic carbocycles. The predicted octanol–water partition coefficient (Wildman–Crippen LogP) is 1.62. The van der Waals surface area contributed by atoms with Crippen LogP contribution in [0.15, 0.2) is 0 Å². The highest BCUT2D eigenvalue weighted by atomic mass is 16.5. The molecule has 59 valence electrons. The standard InChI is InChI=1S/C8H15O2/c1-2-7(3-5-9)8-4-6-10-8/h7-8H,2-6H2,1H3. The molecule has 2 atom stereocenters. The van der Waals surface area contributed by atoms with Gasteiger partial charge >= 0.3 is 0 Å². The first-order valence-corrected chi connectivity index (χ1v) is 4.08. The van der Waals surface area contributed by atoms with Crippen molar-refractivity contribution >= 4 is 0 Å². The monoisotopic (exact) mass is 143 g/mol. The van der Waals surface area contributed by atoms with Crippen LogP contribution in [0, 0.1) is 5.92 Å². The summed E-state index contributed by atoms with van der Waals surface area (Å²) in [5.74, 6) is 0.534. The second-order valence-corrected chi connectivity index (χ2v) is 2.86. The van der Waals surface area contributed by atoms with Crippen LogP contribution in [0.25, 0.3) is 0 Å². The van der Waals surface area contributed by atoms with Crippen molar-refractivity contribution in [2.45, 2.75) is 32.3 Å². The zero-order valence-electron chi connectivity index (χ0n) is 6.51. The van der Waals surface area contributed by atoms with E-state index in [9.17, 15) is 5.11 Å². The maximum absolute atomic E-state index is 10.3. The van der Waals surface area contributed by atoms with Crippen molar-refractivity contribution < 1.29 is 9.84 Å². The summed E-state index contributed by atoms with van der Waals surface area (Å²) in [4.78, 5) is 0. The van der Waals surface area contributed by atoms with Crippen molar-refractivity contribution in [2.24, 2.45) is 5.92 Å². The maximum atomic E-state index is 10.3. The van der Waals surface area contributed by atoms with Crippen LogP contribution in [0.3, 0.4) is 0 Å². The fourth-order valence-corrected chi connectivity index (χ4v) is 1.43. The normalized spacial score (nSPS) is 27.6. The van der Waals surface area contributed by atoms with E-state index in [0.29, 0.717) is 12.0 Å². The minimum Gasteiger partial charge on any atom is -0.378 e. The van der Waals surface area contributed by atoms with E-state index < -0.39 is 0 Å². The van der Waals surface area contributed by atoms with Crippen LogP contribution < -0.4 is 0 Å². The van der Waals surface area contributed by atoms with Gasteiger partial charge in [-0.25, -0.2) is 5.11 Å². The Morgan fingerprint density at radius 1 is 1.70 bits per heavy atom. The third kappa shape index (κ3) is 1.70. The molecule has 0 spiro atoms. The Bertz CT molecular complexity index is 89.3. The molecule has 10 heavy (non-hydrogen) atoms. The average Bonchev–Trinajstić information content (AvgIpc) is 1.83. The summed E-state index contributed by atoms with van der Waals surface area (Å²) in [5, 5.41) is 10.3. The number of ether oxygens (including phenoxy) is 1. The first kappa shape index (κ1) is 8.02. The highest BCUT2D eigenvalue weighted by molar-refractivity contribution is 4.74. The quantitative estimate of drug-likeness (QED) is 0.588. The van der Waals surface area contributed by atoms with Gasteiger partial charge in [0.25, 0.3) is 0 Å². The fourth-order valence-electron chi connectivity index (χ4n) is 1.43. The molecule has 0 aromatic rings. The number of hydrogen-bond donors (Lipinski definition) is 0. The van der Waals surface area contributed by atoms with Gasteiger partial charge in [-0.1, -0.05) is 13.3 Å². The Labute approximate surface area is 62.2 Å². The predicted molar refractivity (Wildman–Crippen MR) is 38.3 cm³/mol. The molecule has 2 unspecified atom stereocenters. The lowest BCUT2D eigenvalue weighted by Gasteiger charge is -2.33.